The Kier molecular flexibility index (Phi) is 12.3. The van der Waals surface area contributed by atoms with Crippen molar-refractivity contribution >= 4 is 0 Å². The zero-order valence-corrected chi connectivity index (χ0v) is 12.5. The fourth-order valence-electron chi connectivity index (χ4n) is 2.59. The third-order valence-corrected chi connectivity index (χ3v) is 3.80. The topological polar surface area (TPSA) is 24.1 Å². The molecule has 0 rings (SSSR count). The Morgan fingerprint density at radius 1 is 0.765 bits per heavy atom. The van der Waals surface area contributed by atoms with Gasteiger partial charge in [0.2, 0.25) is 0 Å². The van der Waals surface area contributed by atoms with E-state index in [4.69, 9.17) is 0 Å². The average molecular weight is 242 g/mol. The summed E-state index contributed by atoms with van der Waals surface area (Å²) in [5.41, 5.74) is 0. The number of hydrogen-bond acceptors (Lipinski definition) is 2. The molecule has 1 unspecified atom stereocenters. The quantitative estimate of drug-likeness (QED) is 0.400. The lowest BCUT2D eigenvalue weighted by Crippen LogP contribution is -2.43. The summed E-state index contributed by atoms with van der Waals surface area (Å²) in [4.78, 5) is 0. The normalized spacial score (nSPS) is 13.2. The standard InChI is InChI=1S/C15H34N2/c1-5-7-8-9-10-11-12-13-14(6-2)15(16-3)17-4/h14-17H,5-13H2,1-4H3. The molecule has 0 aromatic rings. The Morgan fingerprint density at radius 2 is 1.29 bits per heavy atom. The number of rotatable bonds is 12. The van der Waals surface area contributed by atoms with E-state index in [1.54, 1.807) is 0 Å². The van der Waals surface area contributed by atoms with Crippen LogP contribution in [0.5, 0.6) is 0 Å². The van der Waals surface area contributed by atoms with E-state index in [9.17, 15) is 0 Å². The minimum absolute atomic E-state index is 0.486. The van der Waals surface area contributed by atoms with Gasteiger partial charge in [-0.15, -0.1) is 0 Å². The Bertz CT molecular complexity index is 144. The summed E-state index contributed by atoms with van der Waals surface area (Å²) in [6, 6.07) is 0. The van der Waals surface area contributed by atoms with Gasteiger partial charge < -0.3 is 10.6 Å². The predicted molar refractivity (Wildman–Crippen MR) is 78.3 cm³/mol. The highest BCUT2D eigenvalue weighted by Gasteiger charge is 2.15. The van der Waals surface area contributed by atoms with Crippen LogP contribution in [-0.4, -0.2) is 20.3 Å². The molecule has 0 aromatic carbocycles. The van der Waals surface area contributed by atoms with E-state index >= 15 is 0 Å². The van der Waals surface area contributed by atoms with Crippen LogP contribution in [0.4, 0.5) is 0 Å². The molecule has 2 N–H and O–H groups in total. The minimum atomic E-state index is 0.486. The molecule has 0 aromatic heterocycles. The molecule has 0 saturated carbocycles. The molecule has 0 spiro atoms. The van der Waals surface area contributed by atoms with E-state index in [2.05, 4.69) is 38.6 Å². The van der Waals surface area contributed by atoms with Gasteiger partial charge in [0.1, 0.15) is 0 Å². The zero-order valence-electron chi connectivity index (χ0n) is 12.5. The maximum Gasteiger partial charge on any atom is 0.0595 e. The maximum absolute atomic E-state index is 3.36. The average Bonchev–Trinajstić information content (AvgIpc) is 2.36. The zero-order chi connectivity index (χ0) is 12.9. The van der Waals surface area contributed by atoms with Crippen LogP contribution >= 0.6 is 0 Å². The maximum atomic E-state index is 3.36. The monoisotopic (exact) mass is 242 g/mol. The van der Waals surface area contributed by atoms with Gasteiger partial charge in [-0.25, -0.2) is 0 Å². The van der Waals surface area contributed by atoms with Crippen LogP contribution in [0, 0.1) is 5.92 Å². The first-order valence-electron chi connectivity index (χ1n) is 7.64. The summed E-state index contributed by atoms with van der Waals surface area (Å²) >= 11 is 0. The van der Waals surface area contributed by atoms with Gasteiger partial charge in [0.25, 0.3) is 0 Å². The van der Waals surface area contributed by atoms with Crippen molar-refractivity contribution in [1.82, 2.24) is 10.6 Å². The molecule has 0 aliphatic heterocycles. The molecule has 0 heterocycles. The van der Waals surface area contributed by atoms with E-state index in [0.717, 1.165) is 5.92 Å². The van der Waals surface area contributed by atoms with Crippen LogP contribution in [-0.2, 0) is 0 Å². The molecule has 104 valence electrons. The van der Waals surface area contributed by atoms with Gasteiger partial charge in [-0.1, -0.05) is 65.2 Å². The summed E-state index contributed by atoms with van der Waals surface area (Å²) < 4.78 is 0. The third-order valence-electron chi connectivity index (χ3n) is 3.80. The van der Waals surface area contributed by atoms with Gasteiger partial charge in [0.05, 0.1) is 6.17 Å². The largest absolute Gasteiger partial charge is 0.305 e. The fourth-order valence-corrected chi connectivity index (χ4v) is 2.59. The first kappa shape index (κ1) is 16.9. The Balaban J connectivity index is 3.49. The first-order chi connectivity index (χ1) is 8.29. The first-order valence-corrected chi connectivity index (χ1v) is 7.64. The summed E-state index contributed by atoms with van der Waals surface area (Å²) in [5, 5.41) is 6.72. The van der Waals surface area contributed by atoms with Crippen LogP contribution < -0.4 is 10.6 Å². The lowest BCUT2D eigenvalue weighted by atomic mass is 9.95. The second kappa shape index (κ2) is 12.4. The second-order valence-electron chi connectivity index (χ2n) is 5.13. The summed E-state index contributed by atoms with van der Waals surface area (Å²) in [5.74, 6) is 0.778. The highest BCUT2D eigenvalue weighted by molar-refractivity contribution is 4.70. The lowest BCUT2D eigenvalue weighted by molar-refractivity contribution is 0.297. The summed E-state index contributed by atoms with van der Waals surface area (Å²) in [7, 11) is 4.10. The molecule has 2 nitrogen and oxygen atoms in total. The highest BCUT2D eigenvalue weighted by Crippen LogP contribution is 2.17. The number of unbranched alkanes of at least 4 members (excludes halogenated alkanes) is 6. The molecule has 0 amide bonds. The van der Waals surface area contributed by atoms with Gasteiger partial charge in [-0.05, 0) is 26.4 Å². The molecule has 2 heteroatoms. The van der Waals surface area contributed by atoms with Crippen LogP contribution in [0.2, 0.25) is 0 Å². The molecule has 0 radical (unpaired) electrons. The van der Waals surface area contributed by atoms with Crippen molar-refractivity contribution in [2.75, 3.05) is 14.1 Å². The van der Waals surface area contributed by atoms with Crippen molar-refractivity contribution < 1.29 is 0 Å². The fraction of sp³-hybridized carbons (Fsp3) is 1.00. The van der Waals surface area contributed by atoms with Crippen molar-refractivity contribution in [3.8, 4) is 0 Å². The SMILES string of the molecule is CCCCCCCCCC(CC)C(NC)NC. The molecule has 0 saturated heterocycles. The van der Waals surface area contributed by atoms with Crippen molar-refractivity contribution in [2.45, 2.75) is 77.8 Å². The van der Waals surface area contributed by atoms with Crippen LogP contribution in [0.25, 0.3) is 0 Å². The van der Waals surface area contributed by atoms with Crippen LogP contribution in [0.15, 0.2) is 0 Å². The van der Waals surface area contributed by atoms with Crippen molar-refractivity contribution in [3.05, 3.63) is 0 Å². The Morgan fingerprint density at radius 3 is 1.76 bits per heavy atom. The molecule has 1 atom stereocenters. The van der Waals surface area contributed by atoms with Gasteiger partial charge in [-0.2, -0.15) is 0 Å². The van der Waals surface area contributed by atoms with Gasteiger partial charge in [0, 0.05) is 0 Å². The summed E-state index contributed by atoms with van der Waals surface area (Å²) in [6.45, 7) is 4.58. The summed E-state index contributed by atoms with van der Waals surface area (Å²) in [6.07, 6.45) is 13.0. The minimum Gasteiger partial charge on any atom is -0.305 e. The molecule has 0 aliphatic rings. The molecule has 0 fully saturated rings. The van der Waals surface area contributed by atoms with E-state index in [0.29, 0.717) is 6.17 Å². The van der Waals surface area contributed by atoms with E-state index < -0.39 is 0 Å². The highest BCUT2D eigenvalue weighted by atomic mass is 15.1. The Hall–Kier alpha value is -0.0800. The predicted octanol–water partition coefficient (Wildman–Crippen LogP) is 3.92. The third kappa shape index (κ3) is 8.62. The smallest absolute Gasteiger partial charge is 0.0595 e. The van der Waals surface area contributed by atoms with Gasteiger partial charge in [0.15, 0.2) is 0 Å². The second-order valence-corrected chi connectivity index (χ2v) is 5.13. The van der Waals surface area contributed by atoms with Crippen LogP contribution in [0.3, 0.4) is 0 Å². The van der Waals surface area contributed by atoms with Crippen molar-refractivity contribution in [3.63, 3.8) is 0 Å². The molecule has 17 heavy (non-hydrogen) atoms. The molecular formula is C15H34N2. The van der Waals surface area contributed by atoms with Gasteiger partial charge in [-0.3, -0.25) is 0 Å². The lowest BCUT2D eigenvalue weighted by Gasteiger charge is -2.25. The molecular weight excluding hydrogens is 208 g/mol. The van der Waals surface area contributed by atoms with E-state index in [1.165, 1.54) is 57.8 Å². The van der Waals surface area contributed by atoms with Crippen molar-refractivity contribution in [1.29, 1.82) is 0 Å². The van der Waals surface area contributed by atoms with Gasteiger partial charge >= 0.3 is 0 Å². The number of nitrogens with one attached hydrogen (secondary N) is 2. The van der Waals surface area contributed by atoms with E-state index in [1.807, 2.05) is 0 Å². The van der Waals surface area contributed by atoms with Crippen LogP contribution in [0.1, 0.15) is 71.6 Å². The Labute approximate surface area is 109 Å². The molecule has 0 aliphatic carbocycles. The van der Waals surface area contributed by atoms with Crippen molar-refractivity contribution in [2.24, 2.45) is 5.92 Å². The molecule has 0 bridgehead atoms. The number of hydrogen-bond donors (Lipinski definition) is 2. The van der Waals surface area contributed by atoms with E-state index in [-0.39, 0.29) is 0 Å².